The molecule has 2 aromatic rings. The van der Waals surface area contributed by atoms with Crippen molar-refractivity contribution >= 4 is 17.1 Å². The van der Waals surface area contributed by atoms with Crippen LogP contribution in [0.3, 0.4) is 0 Å². The SMILES string of the molecule is C/C=C/Cn1c(N2CC[NH2+]CC2)nc2c1c(=O)[nH]c(=O)n2C. The van der Waals surface area contributed by atoms with E-state index in [0.717, 1.165) is 32.1 Å². The van der Waals surface area contributed by atoms with Crippen LogP contribution in [0.1, 0.15) is 6.92 Å². The molecule has 0 bridgehead atoms. The highest BCUT2D eigenvalue weighted by molar-refractivity contribution is 5.74. The average molecular weight is 305 g/mol. The van der Waals surface area contributed by atoms with Crippen LogP contribution in [0.2, 0.25) is 0 Å². The molecule has 1 aliphatic rings. The standard InChI is InChI=1S/C14H20N6O2/c1-3-4-7-20-10-11(18(2)14(22)17-12(10)21)16-13(20)19-8-5-15-6-9-19/h3-4,15H,5-9H2,1-2H3,(H,17,21,22)/p+1/b4-3+. The number of nitrogens with one attached hydrogen (secondary N) is 1. The Hall–Kier alpha value is -2.35. The normalized spacial score (nSPS) is 16.0. The molecule has 8 heteroatoms. The Kier molecular flexibility index (Phi) is 3.84. The largest absolute Gasteiger partial charge is 0.343 e. The van der Waals surface area contributed by atoms with Crippen molar-refractivity contribution in [3.05, 3.63) is 33.0 Å². The molecule has 1 aliphatic heterocycles. The molecular weight excluding hydrogens is 284 g/mol. The average Bonchev–Trinajstić information content (AvgIpc) is 2.91. The Labute approximate surface area is 127 Å². The van der Waals surface area contributed by atoms with Gasteiger partial charge in [-0.1, -0.05) is 12.2 Å². The molecule has 1 fully saturated rings. The monoisotopic (exact) mass is 305 g/mol. The molecule has 0 aliphatic carbocycles. The van der Waals surface area contributed by atoms with Crippen molar-refractivity contribution in [3.63, 3.8) is 0 Å². The van der Waals surface area contributed by atoms with Crippen molar-refractivity contribution < 1.29 is 5.32 Å². The third-order valence-electron chi connectivity index (χ3n) is 4.00. The van der Waals surface area contributed by atoms with E-state index in [9.17, 15) is 9.59 Å². The molecule has 0 spiro atoms. The van der Waals surface area contributed by atoms with E-state index in [4.69, 9.17) is 0 Å². The van der Waals surface area contributed by atoms with Crippen LogP contribution in [0.15, 0.2) is 21.7 Å². The summed E-state index contributed by atoms with van der Waals surface area (Å²) in [5.74, 6) is 0.757. The lowest BCUT2D eigenvalue weighted by Gasteiger charge is -2.26. The summed E-state index contributed by atoms with van der Waals surface area (Å²) in [6.45, 7) is 6.26. The van der Waals surface area contributed by atoms with E-state index in [1.807, 2.05) is 23.6 Å². The fourth-order valence-electron chi connectivity index (χ4n) is 2.80. The molecule has 22 heavy (non-hydrogen) atoms. The number of H-pyrrole nitrogens is 1. The highest BCUT2D eigenvalue weighted by Gasteiger charge is 2.22. The first kappa shape index (κ1) is 14.6. The van der Waals surface area contributed by atoms with Crippen LogP contribution >= 0.6 is 0 Å². The van der Waals surface area contributed by atoms with E-state index in [2.05, 4.69) is 20.2 Å². The van der Waals surface area contributed by atoms with Gasteiger partial charge < -0.3 is 14.8 Å². The van der Waals surface area contributed by atoms with Gasteiger partial charge in [-0.2, -0.15) is 4.98 Å². The topological polar surface area (TPSA) is 92.5 Å². The van der Waals surface area contributed by atoms with Gasteiger partial charge in [0.2, 0.25) is 5.95 Å². The van der Waals surface area contributed by atoms with Gasteiger partial charge in [0.25, 0.3) is 5.56 Å². The molecule has 2 aromatic heterocycles. The zero-order chi connectivity index (χ0) is 15.7. The smallest absolute Gasteiger partial charge is 0.329 e. The summed E-state index contributed by atoms with van der Waals surface area (Å²) in [4.78, 5) is 33.2. The van der Waals surface area contributed by atoms with Crippen LogP contribution in [0.25, 0.3) is 11.2 Å². The van der Waals surface area contributed by atoms with Gasteiger partial charge in [0.05, 0.1) is 26.2 Å². The number of aryl methyl sites for hydroxylation is 1. The number of piperazine rings is 1. The Morgan fingerprint density at radius 1 is 1.32 bits per heavy atom. The van der Waals surface area contributed by atoms with Gasteiger partial charge in [-0.15, -0.1) is 0 Å². The summed E-state index contributed by atoms with van der Waals surface area (Å²) in [7, 11) is 1.63. The van der Waals surface area contributed by atoms with Crippen LogP contribution in [0, 0.1) is 0 Å². The van der Waals surface area contributed by atoms with E-state index in [1.165, 1.54) is 4.57 Å². The number of aromatic amines is 1. The van der Waals surface area contributed by atoms with Gasteiger partial charge in [-0.05, 0) is 6.92 Å². The minimum atomic E-state index is -0.438. The molecule has 3 N–H and O–H groups in total. The number of nitrogens with zero attached hydrogens (tertiary/aromatic N) is 4. The lowest BCUT2D eigenvalue weighted by Crippen LogP contribution is -2.89. The van der Waals surface area contributed by atoms with Gasteiger partial charge in [0.15, 0.2) is 11.2 Å². The van der Waals surface area contributed by atoms with Crippen LogP contribution in [-0.2, 0) is 13.6 Å². The number of hydrogen-bond acceptors (Lipinski definition) is 4. The number of anilines is 1. The summed E-state index contributed by atoms with van der Waals surface area (Å²) in [5.41, 5.74) is 0.0594. The minimum Gasteiger partial charge on any atom is -0.343 e. The number of fused-ring (bicyclic) bond motifs is 1. The molecule has 8 nitrogen and oxygen atoms in total. The molecule has 1 saturated heterocycles. The Bertz CT molecular complexity index is 822. The van der Waals surface area contributed by atoms with Gasteiger partial charge in [0.1, 0.15) is 0 Å². The summed E-state index contributed by atoms with van der Waals surface area (Å²) in [6.07, 6.45) is 3.92. The third-order valence-corrected chi connectivity index (χ3v) is 4.00. The van der Waals surface area contributed by atoms with Crippen molar-refractivity contribution in [1.82, 2.24) is 19.1 Å². The fourth-order valence-corrected chi connectivity index (χ4v) is 2.80. The van der Waals surface area contributed by atoms with Crippen LogP contribution < -0.4 is 21.5 Å². The van der Waals surface area contributed by atoms with Gasteiger partial charge >= 0.3 is 5.69 Å². The Morgan fingerprint density at radius 2 is 2.05 bits per heavy atom. The second-order valence-electron chi connectivity index (χ2n) is 5.44. The van der Waals surface area contributed by atoms with Crippen LogP contribution in [0.5, 0.6) is 0 Å². The maximum atomic E-state index is 12.3. The zero-order valence-electron chi connectivity index (χ0n) is 12.9. The first-order valence-corrected chi connectivity index (χ1v) is 7.50. The summed E-state index contributed by atoms with van der Waals surface area (Å²) in [5, 5.41) is 2.26. The van der Waals surface area contributed by atoms with Crippen molar-refractivity contribution in [1.29, 1.82) is 0 Å². The maximum absolute atomic E-state index is 12.3. The molecular formula is C14H21N6O2+. The van der Waals surface area contributed by atoms with Crippen molar-refractivity contribution in [2.75, 3.05) is 31.1 Å². The van der Waals surface area contributed by atoms with Crippen molar-refractivity contribution in [2.24, 2.45) is 7.05 Å². The highest BCUT2D eigenvalue weighted by atomic mass is 16.2. The predicted molar refractivity (Wildman–Crippen MR) is 84.3 cm³/mol. The van der Waals surface area contributed by atoms with E-state index in [0.29, 0.717) is 17.7 Å². The van der Waals surface area contributed by atoms with E-state index < -0.39 is 5.69 Å². The molecule has 118 valence electrons. The molecule has 3 heterocycles. The first-order valence-electron chi connectivity index (χ1n) is 7.50. The summed E-state index contributed by atoms with van der Waals surface area (Å²) < 4.78 is 3.28. The number of imidazole rings is 1. The quantitative estimate of drug-likeness (QED) is 0.667. The second kappa shape index (κ2) is 5.80. The van der Waals surface area contributed by atoms with Gasteiger partial charge in [-0.3, -0.25) is 14.3 Å². The molecule has 0 saturated carbocycles. The lowest BCUT2D eigenvalue weighted by molar-refractivity contribution is -0.655. The Morgan fingerprint density at radius 3 is 2.73 bits per heavy atom. The predicted octanol–water partition coefficient (Wildman–Crippen LogP) is -1.62. The van der Waals surface area contributed by atoms with Crippen molar-refractivity contribution in [3.8, 4) is 0 Å². The van der Waals surface area contributed by atoms with Crippen LogP contribution in [0.4, 0.5) is 5.95 Å². The number of allylic oxidation sites excluding steroid dienone is 2. The number of quaternary nitrogens is 1. The number of aromatic nitrogens is 4. The summed E-state index contributed by atoms with van der Waals surface area (Å²) >= 11 is 0. The molecule has 0 amide bonds. The van der Waals surface area contributed by atoms with Gasteiger partial charge in [-0.25, -0.2) is 4.79 Å². The third kappa shape index (κ3) is 2.35. The highest BCUT2D eigenvalue weighted by Crippen LogP contribution is 2.19. The first-order chi connectivity index (χ1) is 10.6. The number of rotatable bonds is 3. The number of nitrogens with two attached hydrogens (primary N) is 1. The minimum absolute atomic E-state index is 0.384. The molecule has 0 unspecified atom stereocenters. The maximum Gasteiger partial charge on any atom is 0.329 e. The second-order valence-corrected chi connectivity index (χ2v) is 5.44. The zero-order valence-corrected chi connectivity index (χ0v) is 12.9. The molecule has 0 aromatic carbocycles. The fraction of sp³-hybridized carbons (Fsp3) is 0.500. The Balaban J connectivity index is 2.25. The molecule has 3 rings (SSSR count). The van der Waals surface area contributed by atoms with E-state index in [1.54, 1.807) is 7.05 Å². The molecule has 0 radical (unpaired) electrons. The molecule has 0 atom stereocenters. The van der Waals surface area contributed by atoms with Crippen molar-refractivity contribution in [2.45, 2.75) is 13.5 Å². The lowest BCUT2D eigenvalue weighted by atomic mass is 10.4. The number of hydrogen-bond donors (Lipinski definition) is 2. The summed E-state index contributed by atoms with van der Waals surface area (Å²) in [6, 6.07) is 0. The van der Waals surface area contributed by atoms with Gasteiger partial charge in [0, 0.05) is 13.6 Å². The van der Waals surface area contributed by atoms with E-state index >= 15 is 0 Å². The van der Waals surface area contributed by atoms with E-state index in [-0.39, 0.29) is 5.56 Å². The van der Waals surface area contributed by atoms with Crippen LogP contribution in [-0.4, -0.2) is 45.3 Å².